The summed E-state index contributed by atoms with van der Waals surface area (Å²) in [6, 6.07) is 7.37. The van der Waals surface area contributed by atoms with Gasteiger partial charge in [0, 0.05) is 11.8 Å². The van der Waals surface area contributed by atoms with Crippen molar-refractivity contribution in [3.63, 3.8) is 0 Å². The van der Waals surface area contributed by atoms with Crippen LogP contribution in [0.5, 0.6) is 5.75 Å². The van der Waals surface area contributed by atoms with Gasteiger partial charge in [0.05, 0.1) is 12.3 Å². The van der Waals surface area contributed by atoms with E-state index in [1.165, 1.54) is 0 Å². The first kappa shape index (κ1) is 13.4. The zero-order valence-electron chi connectivity index (χ0n) is 10.6. The van der Waals surface area contributed by atoms with Crippen LogP contribution in [0.4, 0.5) is 10.7 Å². The van der Waals surface area contributed by atoms with Gasteiger partial charge in [0.2, 0.25) is 0 Å². The van der Waals surface area contributed by atoms with E-state index in [1.807, 2.05) is 31.2 Å². The maximum Gasteiger partial charge on any atom is 0.340 e. The molecule has 0 fully saturated rings. The molecule has 1 heterocycles. The highest BCUT2D eigenvalue weighted by atomic mass is 32.1. The average molecular weight is 278 g/mol. The molecule has 0 radical (unpaired) electrons. The third kappa shape index (κ3) is 3.03. The molecule has 0 bridgehead atoms. The lowest BCUT2D eigenvalue weighted by atomic mass is 10.2. The third-order valence-corrected chi connectivity index (χ3v) is 3.33. The molecule has 0 aliphatic carbocycles. The van der Waals surface area contributed by atoms with Gasteiger partial charge in [-0.25, -0.2) is 4.79 Å². The van der Waals surface area contributed by atoms with Crippen molar-refractivity contribution in [2.75, 3.05) is 11.9 Å². The minimum absolute atomic E-state index is 0.215. The highest BCUT2D eigenvalue weighted by Crippen LogP contribution is 2.29. The smallest absolute Gasteiger partial charge is 0.340 e. The van der Waals surface area contributed by atoms with Crippen LogP contribution in [0.2, 0.25) is 0 Å². The van der Waals surface area contributed by atoms with E-state index >= 15 is 0 Å². The number of aryl methyl sites for hydroxylation is 1. The third-order valence-electron chi connectivity index (χ3n) is 2.48. The van der Waals surface area contributed by atoms with Gasteiger partial charge in [-0.3, -0.25) is 0 Å². The molecule has 2 rings (SSSR count). The summed E-state index contributed by atoms with van der Waals surface area (Å²) < 4.78 is 9.46. The van der Waals surface area contributed by atoms with Crippen molar-refractivity contribution >= 4 is 28.2 Å². The van der Waals surface area contributed by atoms with Gasteiger partial charge in [-0.15, -0.1) is 0 Å². The monoisotopic (exact) mass is 278 g/mol. The molecule has 2 aromatic rings. The Balaban J connectivity index is 2.26. The van der Waals surface area contributed by atoms with Gasteiger partial charge in [0.1, 0.15) is 16.3 Å². The summed E-state index contributed by atoms with van der Waals surface area (Å²) in [4.78, 5) is 11.2. The van der Waals surface area contributed by atoms with Gasteiger partial charge < -0.3 is 15.2 Å². The Hall–Kier alpha value is -2.08. The number of nitrogens with one attached hydrogen (secondary N) is 1. The van der Waals surface area contributed by atoms with Crippen LogP contribution in [0.3, 0.4) is 0 Å². The quantitative estimate of drug-likeness (QED) is 0.878. The Morgan fingerprint density at radius 1 is 1.53 bits per heavy atom. The average Bonchev–Trinajstić information content (AvgIpc) is 2.71. The fraction of sp³-hybridized carbons (Fsp3) is 0.231. The lowest BCUT2D eigenvalue weighted by Crippen LogP contribution is -2.01. The van der Waals surface area contributed by atoms with E-state index in [0.717, 1.165) is 23.0 Å². The van der Waals surface area contributed by atoms with E-state index in [1.54, 1.807) is 6.92 Å². The molecule has 0 aliphatic heterocycles. The first-order chi connectivity index (χ1) is 9.11. The van der Waals surface area contributed by atoms with Crippen molar-refractivity contribution in [1.82, 2.24) is 4.37 Å². The molecule has 0 spiro atoms. The molecule has 19 heavy (non-hydrogen) atoms. The van der Waals surface area contributed by atoms with Crippen molar-refractivity contribution in [2.45, 2.75) is 13.8 Å². The van der Waals surface area contributed by atoms with Crippen molar-refractivity contribution in [2.24, 2.45) is 0 Å². The second-order valence-corrected chi connectivity index (χ2v) is 4.64. The van der Waals surface area contributed by atoms with Crippen LogP contribution < -0.4 is 10.1 Å². The van der Waals surface area contributed by atoms with Gasteiger partial charge in [-0.1, -0.05) is 6.07 Å². The second kappa shape index (κ2) is 5.71. The Morgan fingerprint density at radius 2 is 2.32 bits per heavy atom. The highest BCUT2D eigenvalue weighted by Gasteiger charge is 2.17. The number of anilines is 2. The van der Waals surface area contributed by atoms with Crippen molar-refractivity contribution in [3.8, 4) is 5.75 Å². The predicted octanol–water partition coefficient (Wildman–Crippen LogP) is 3.29. The van der Waals surface area contributed by atoms with Crippen LogP contribution in [-0.4, -0.2) is 22.1 Å². The number of aromatic nitrogens is 1. The van der Waals surface area contributed by atoms with Crippen LogP contribution in [0.1, 0.15) is 23.0 Å². The van der Waals surface area contributed by atoms with E-state index in [4.69, 9.17) is 9.84 Å². The summed E-state index contributed by atoms with van der Waals surface area (Å²) in [7, 11) is 0. The van der Waals surface area contributed by atoms with Crippen LogP contribution in [-0.2, 0) is 0 Å². The molecule has 6 heteroatoms. The molecular weight excluding hydrogens is 264 g/mol. The number of aromatic carboxylic acids is 1. The molecule has 2 N–H and O–H groups in total. The molecule has 5 nitrogen and oxygen atoms in total. The number of carbonyl (C=O) groups is 1. The summed E-state index contributed by atoms with van der Waals surface area (Å²) >= 11 is 1.14. The van der Waals surface area contributed by atoms with E-state index in [2.05, 4.69) is 9.69 Å². The summed E-state index contributed by atoms with van der Waals surface area (Å²) in [5.41, 5.74) is 1.50. The first-order valence-electron chi connectivity index (χ1n) is 5.81. The molecule has 0 amide bonds. The fourth-order valence-electron chi connectivity index (χ4n) is 1.67. The minimum atomic E-state index is -0.977. The largest absolute Gasteiger partial charge is 0.494 e. The Morgan fingerprint density at radius 3 is 3.00 bits per heavy atom. The van der Waals surface area contributed by atoms with Gasteiger partial charge in [-0.05, 0) is 37.5 Å². The van der Waals surface area contributed by atoms with Crippen LogP contribution in [0.25, 0.3) is 0 Å². The number of hydrogen-bond acceptors (Lipinski definition) is 5. The predicted molar refractivity (Wildman–Crippen MR) is 74.7 cm³/mol. The van der Waals surface area contributed by atoms with Gasteiger partial charge in [0.15, 0.2) is 0 Å². The molecular formula is C13H14N2O3S. The lowest BCUT2D eigenvalue weighted by molar-refractivity contribution is 0.0697. The lowest BCUT2D eigenvalue weighted by Gasteiger charge is -2.07. The van der Waals surface area contributed by atoms with Crippen LogP contribution in [0, 0.1) is 6.92 Å². The number of hydrogen-bond donors (Lipinski definition) is 2. The molecule has 0 unspecified atom stereocenters. The second-order valence-electron chi connectivity index (χ2n) is 3.86. The van der Waals surface area contributed by atoms with E-state index < -0.39 is 5.97 Å². The summed E-state index contributed by atoms with van der Waals surface area (Å²) in [5.74, 6) is -0.236. The number of carboxylic acids is 1. The molecule has 0 saturated heterocycles. The number of nitrogens with zero attached hydrogens (tertiary/aromatic N) is 1. The van der Waals surface area contributed by atoms with E-state index in [9.17, 15) is 4.79 Å². The van der Waals surface area contributed by atoms with Gasteiger partial charge in [0.25, 0.3) is 0 Å². The molecule has 1 aromatic heterocycles. The highest BCUT2D eigenvalue weighted by molar-refractivity contribution is 7.10. The van der Waals surface area contributed by atoms with Crippen molar-refractivity contribution in [3.05, 3.63) is 35.5 Å². The first-order valence-corrected chi connectivity index (χ1v) is 6.58. The zero-order chi connectivity index (χ0) is 13.8. The van der Waals surface area contributed by atoms with Crippen LogP contribution >= 0.6 is 11.5 Å². The zero-order valence-corrected chi connectivity index (χ0v) is 11.5. The maximum atomic E-state index is 11.2. The molecule has 1 aromatic carbocycles. The molecule has 0 saturated carbocycles. The van der Waals surface area contributed by atoms with Crippen LogP contribution in [0.15, 0.2) is 24.3 Å². The van der Waals surface area contributed by atoms with Gasteiger partial charge >= 0.3 is 5.97 Å². The molecule has 0 aliphatic rings. The number of rotatable bonds is 5. The van der Waals surface area contributed by atoms with Crippen molar-refractivity contribution < 1.29 is 14.6 Å². The Bertz CT molecular complexity index is 595. The molecule has 100 valence electrons. The van der Waals surface area contributed by atoms with Crippen molar-refractivity contribution in [1.29, 1.82) is 0 Å². The van der Waals surface area contributed by atoms with E-state index in [-0.39, 0.29) is 5.56 Å². The van der Waals surface area contributed by atoms with Gasteiger partial charge in [-0.2, -0.15) is 4.37 Å². The Labute approximate surface area is 115 Å². The number of benzene rings is 1. The van der Waals surface area contributed by atoms with E-state index in [0.29, 0.717) is 17.3 Å². The summed E-state index contributed by atoms with van der Waals surface area (Å²) in [6.45, 7) is 4.18. The number of ether oxygens (including phenoxy) is 1. The standard InChI is InChI=1S/C13H14N2O3S/c1-3-18-10-6-4-5-9(7-10)14-12-11(13(16)17)8(2)15-19-12/h4-7,14H,3H2,1-2H3,(H,16,17). The normalized spacial score (nSPS) is 10.2. The Kier molecular flexibility index (Phi) is 4.01. The molecule has 0 atom stereocenters. The SMILES string of the molecule is CCOc1cccc(Nc2snc(C)c2C(=O)O)c1. The topological polar surface area (TPSA) is 71.5 Å². The summed E-state index contributed by atoms with van der Waals surface area (Å²) in [6.07, 6.45) is 0. The fourth-order valence-corrected chi connectivity index (χ4v) is 2.48. The number of carboxylic acid groups (broad SMARTS) is 1. The minimum Gasteiger partial charge on any atom is -0.494 e. The maximum absolute atomic E-state index is 11.2. The summed E-state index contributed by atoms with van der Waals surface area (Å²) in [5, 5.41) is 12.7.